The van der Waals surface area contributed by atoms with Crippen molar-refractivity contribution in [2.75, 3.05) is 4.90 Å². The van der Waals surface area contributed by atoms with Crippen LogP contribution in [0.4, 0.5) is 10.8 Å². The number of fused-ring (bicyclic) bond motifs is 1. The van der Waals surface area contributed by atoms with Crippen LogP contribution in [0.5, 0.6) is 0 Å². The number of amides is 1. The van der Waals surface area contributed by atoms with E-state index in [9.17, 15) is 9.59 Å². The number of aromatic nitrogens is 5. The summed E-state index contributed by atoms with van der Waals surface area (Å²) in [7, 11) is 0. The lowest BCUT2D eigenvalue weighted by Gasteiger charge is -2.20. The van der Waals surface area contributed by atoms with Crippen LogP contribution in [0.25, 0.3) is 16.7 Å². The summed E-state index contributed by atoms with van der Waals surface area (Å²) in [5, 5.41) is 7.30. The molecule has 3 aromatic heterocycles. The minimum atomic E-state index is -0.192. The van der Waals surface area contributed by atoms with Gasteiger partial charge in [-0.25, -0.2) is 14.6 Å². The first-order valence-corrected chi connectivity index (χ1v) is 12.4. The molecule has 36 heavy (non-hydrogen) atoms. The lowest BCUT2D eigenvalue weighted by atomic mass is 10.1. The number of thiazole rings is 1. The lowest BCUT2D eigenvalue weighted by Crippen LogP contribution is -2.24. The summed E-state index contributed by atoms with van der Waals surface area (Å²) in [6, 6.07) is 12.1. The molecule has 8 nitrogen and oxygen atoms in total. The van der Waals surface area contributed by atoms with E-state index in [1.165, 1.54) is 29.2 Å². The number of hydrogen-bond acceptors (Lipinski definition) is 6. The maximum absolute atomic E-state index is 13.2. The minimum absolute atomic E-state index is 0.123. The average Bonchev–Trinajstić information content (AvgIpc) is 3.44. The molecule has 0 aliphatic carbocycles. The van der Waals surface area contributed by atoms with Gasteiger partial charge in [0.25, 0.3) is 5.56 Å². The summed E-state index contributed by atoms with van der Waals surface area (Å²) in [6.07, 6.45) is 3.08. The number of carbonyl (C=O) groups is 1. The Morgan fingerprint density at radius 1 is 1.03 bits per heavy atom. The highest BCUT2D eigenvalue weighted by Gasteiger charge is 2.20. The zero-order valence-electron chi connectivity index (χ0n) is 20.8. The molecule has 0 bridgehead atoms. The molecule has 0 fully saturated rings. The fourth-order valence-electron chi connectivity index (χ4n) is 4.43. The van der Waals surface area contributed by atoms with Gasteiger partial charge in [0.05, 0.1) is 29.8 Å². The van der Waals surface area contributed by atoms with Crippen LogP contribution in [0.2, 0.25) is 0 Å². The summed E-state index contributed by atoms with van der Waals surface area (Å²) in [5.41, 5.74) is 7.01. The minimum Gasteiger partial charge on any atom is -0.292 e. The largest absolute Gasteiger partial charge is 0.292 e. The highest BCUT2D eigenvalue weighted by molar-refractivity contribution is 7.14. The third-order valence-electron chi connectivity index (χ3n) is 5.98. The summed E-state index contributed by atoms with van der Waals surface area (Å²) in [4.78, 5) is 36.6. The zero-order chi connectivity index (χ0) is 25.6. The van der Waals surface area contributed by atoms with Crippen molar-refractivity contribution >= 4 is 39.1 Å². The normalized spacial score (nSPS) is 11.2. The molecular weight excluding hydrogens is 472 g/mol. The molecule has 3 heterocycles. The zero-order valence-corrected chi connectivity index (χ0v) is 21.6. The second-order valence-electron chi connectivity index (χ2n) is 9.08. The summed E-state index contributed by atoms with van der Waals surface area (Å²) < 4.78 is 3.21. The molecule has 5 rings (SSSR count). The van der Waals surface area contributed by atoms with Gasteiger partial charge in [-0.3, -0.25) is 19.1 Å². The van der Waals surface area contributed by atoms with Crippen LogP contribution >= 0.6 is 11.3 Å². The molecule has 0 aliphatic heterocycles. The Bertz CT molecular complexity index is 1660. The Kier molecular flexibility index (Phi) is 6.01. The number of hydrogen-bond donors (Lipinski definition) is 0. The number of aryl methyl sites for hydroxylation is 4. The first-order valence-electron chi connectivity index (χ1n) is 11.6. The van der Waals surface area contributed by atoms with Crippen molar-refractivity contribution < 1.29 is 4.79 Å². The maximum Gasteiger partial charge on any atom is 0.264 e. The smallest absolute Gasteiger partial charge is 0.264 e. The van der Waals surface area contributed by atoms with Gasteiger partial charge in [0.15, 0.2) is 10.8 Å². The van der Waals surface area contributed by atoms with Crippen LogP contribution in [-0.2, 0) is 11.3 Å². The molecule has 0 N–H and O–H groups in total. The number of rotatable bonds is 5. The standard InChI is InChI=1S/C27H26N6O2S/c1-16-6-7-24(19(4)9-16)32(20(5)34)27-30-21(14-36-27)13-31-15-28-25-23(26(31)35)12-29-33(25)22-10-17(2)8-18(3)11-22/h6-12,14-15H,13H2,1-5H3. The SMILES string of the molecule is CC(=O)N(c1nc(Cn2cnc3c(cnn3-c3cc(C)cc(C)c3)c2=O)cs1)c1ccc(C)cc1C. The third-order valence-corrected chi connectivity index (χ3v) is 6.85. The van der Waals surface area contributed by atoms with Crippen molar-refractivity contribution in [3.05, 3.63) is 92.6 Å². The molecule has 2 aromatic carbocycles. The molecule has 0 aliphatic rings. The van der Waals surface area contributed by atoms with Gasteiger partial charge in [0.1, 0.15) is 11.7 Å². The van der Waals surface area contributed by atoms with Crippen LogP contribution in [0.1, 0.15) is 34.9 Å². The van der Waals surface area contributed by atoms with Crippen molar-refractivity contribution in [3.63, 3.8) is 0 Å². The Labute approximate surface area is 212 Å². The van der Waals surface area contributed by atoms with E-state index in [1.807, 2.05) is 63.4 Å². The van der Waals surface area contributed by atoms with Gasteiger partial charge < -0.3 is 0 Å². The Hall–Kier alpha value is -4.11. The van der Waals surface area contributed by atoms with Crippen LogP contribution in [-0.4, -0.2) is 30.2 Å². The van der Waals surface area contributed by atoms with E-state index in [1.54, 1.807) is 15.8 Å². The fourth-order valence-corrected chi connectivity index (χ4v) is 5.30. The average molecular weight is 499 g/mol. The van der Waals surface area contributed by atoms with Gasteiger partial charge in [0.2, 0.25) is 5.91 Å². The second-order valence-corrected chi connectivity index (χ2v) is 9.92. The molecule has 1 amide bonds. The summed E-state index contributed by atoms with van der Waals surface area (Å²) >= 11 is 1.37. The van der Waals surface area contributed by atoms with E-state index < -0.39 is 0 Å². The third kappa shape index (κ3) is 4.33. The molecule has 0 radical (unpaired) electrons. The van der Waals surface area contributed by atoms with Gasteiger partial charge in [-0.05, 0) is 62.6 Å². The van der Waals surface area contributed by atoms with Crippen LogP contribution < -0.4 is 10.5 Å². The van der Waals surface area contributed by atoms with Gasteiger partial charge in [-0.15, -0.1) is 11.3 Å². The van der Waals surface area contributed by atoms with E-state index in [-0.39, 0.29) is 18.0 Å². The molecule has 9 heteroatoms. The number of benzene rings is 2. The molecule has 0 saturated carbocycles. The monoisotopic (exact) mass is 498 g/mol. The molecule has 182 valence electrons. The van der Waals surface area contributed by atoms with Gasteiger partial charge in [0, 0.05) is 12.3 Å². The van der Waals surface area contributed by atoms with Crippen molar-refractivity contribution in [1.82, 2.24) is 24.3 Å². The maximum atomic E-state index is 13.2. The van der Waals surface area contributed by atoms with Crippen molar-refractivity contribution in [2.45, 2.75) is 41.2 Å². The quantitative estimate of drug-likeness (QED) is 0.340. The van der Waals surface area contributed by atoms with Gasteiger partial charge in [-0.1, -0.05) is 23.8 Å². The van der Waals surface area contributed by atoms with Crippen molar-refractivity contribution in [3.8, 4) is 5.69 Å². The van der Waals surface area contributed by atoms with E-state index >= 15 is 0 Å². The predicted molar refractivity (Wildman–Crippen MR) is 143 cm³/mol. The molecule has 0 spiro atoms. The topological polar surface area (TPSA) is 85.9 Å². The fraction of sp³-hybridized carbons (Fsp3) is 0.222. The van der Waals surface area contributed by atoms with E-state index in [4.69, 9.17) is 0 Å². The first kappa shape index (κ1) is 23.6. The number of carbonyl (C=O) groups excluding carboxylic acids is 1. The number of anilines is 2. The van der Waals surface area contributed by atoms with Crippen LogP contribution in [0.15, 0.2) is 59.1 Å². The van der Waals surface area contributed by atoms with Crippen LogP contribution in [0, 0.1) is 27.7 Å². The Morgan fingerprint density at radius 2 is 1.78 bits per heavy atom. The van der Waals surface area contributed by atoms with E-state index in [2.05, 4.69) is 21.1 Å². The predicted octanol–water partition coefficient (Wildman–Crippen LogP) is 5.01. The first-order chi connectivity index (χ1) is 17.2. The van der Waals surface area contributed by atoms with Gasteiger partial charge in [-0.2, -0.15) is 5.10 Å². The lowest BCUT2D eigenvalue weighted by molar-refractivity contribution is -0.115. The Balaban J connectivity index is 1.47. The molecular formula is C27H26N6O2S. The molecule has 0 unspecified atom stereocenters. The van der Waals surface area contributed by atoms with E-state index in [0.717, 1.165) is 33.6 Å². The van der Waals surface area contributed by atoms with Crippen molar-refractivity contribution in [1.29, 1.82) is 0 Å². The molecule has 5 aromatic rings. The second kappa shape index (κ2) is 9.16. The molecule has 0 saturated heterocycles. The number of nitrogens with zero attached hydrogens (tertiary/aromatic N) is 6. The molecule has 0 atom stereocenters. The highest BCUT2D eigenvalue weighted by Crippen LogP contribution is 2.32. The van der Waals surface area contributed by atoms with E-state index in [0.29, 0.717) is 21.9 Å². The summed E-state index contributed by atoms with van der Waals surface area (Å²) in [5.74, 6) is -0.123. The van der Waals surface area contributed by atoms with Gasteiger partial charge >= 0.3 is 0 Å². The highest BCUT2D eigenvalue weighted by atomic mass is 32.1. The summed E-state index contributed by atoms with van der Waals surface area (Å²) in [6.45, 7) is 9.81. The Morgan fingerprint density at radius 3 is 2.47 bits per heavy atom. The van der Waals surface area contributed by atoms with Crippen LogP contribution in [0.3, 0.4) is 0 Å². The van der Waals surface area contributed by atoms with Crippen molar-refractivity contribution in [2.24, 2.45) is 0 Å².